The summed E-state index contributed by atoms with van der Waals surface area (Å²) in [5.74, 6) is 0. The topological polar surface area (TPSA) is 76.6 Å². The van der Waals surface area contributed by atoms with E-state index in [9.17, 15) is 15.3 Å². The van der Waals surface area contributed by atoms with Crippen LogP contribution in [0.2, 0.25) is 0 Å². The molecule has 2 aliphatic heterocycles. The number of hydrogen-bond acceptors (Lipinski definition) is 5. The van der Waals surface area contributed by atoms with Gasteiger partial charge in [0.2, 0.25) is 12.4 Å². The lowest BCUT2D eigenvalue weighted by atomic mass is 10.1. The predicted octanol–water partition coefficient (Wildman–Crippen LogP) is 2.21. The maximum absolute atomic E-state index is 12.0. The van der Waals surface area contributed by atoms with Gasteiger partial charge in [-0.3, -0.25) is 10.1 Å². The molecular formula is C15H22N4O3. The van der Waals surface area contributed by atoms with Crippen molar-refractivity contribution in [2.24, 2.45) is 0 Å². The molecule has 2 aliphatic rings. The summed E-state index contributed by atoms with van der Waals surface area (Å²) >= 11 is 0. The molecule has 0 saturated carbocycles. The highest BCUT2D eigenvalue weighted by molar-refractivity contribution is 5.75. The van der Waals surface area contributed by atoms with E-state index in [4.69, 9.17) is 0 Å². The average molecular weight is 306 g/mol. The summed E-state index contributed by atoms with van der Waals surface area (Å²) in [5, 5.41) is 23.7. The normalized spacial score (nSPS) is 19.3. The highest BCUT2D eigenvalue weighted by atomic mass is 16.6. The van der Waals surface area contributed by atoms with Gasteiger partial charge in [0.25, 0.3) is 0 Å². The maximum Gasteiger partial charge on any atom is 0.328 e. The van der Waals surface area contributed by atoms with E-state index in [0.717, 1.165) is 69.4 Å². The van der Waals surface area contributed by atoms with Gasteiger partial charge in [0, 0.05) is 26.2 Å². The SMILES string of the molecule is O=[N+]([O-])c1c(N2CCCCC2)c[n+]([O-])cc1N1CCCCC1. The van der Waals surface area contributed by atoms with Crippen molar-refractivity contribution in [3.05, 3.63) is 27.7 Å². The molecule has 3 heterocycles. The number of nitrogens with zero attached hydrogens (tertiary/aromatic N) is 4. The molecule has 0 radical (unpaired) electrons. The predicted molar refractivity (Wildman–Crippen MR) is 84.2 cm³/mol. The molecule has 120 valence electrons. The van der Waals surface area contributed by atoms with E-state index in [1.165, 1.54) is 12.4 Å². The Bertz CT molecular complexity index is 513. The lowest BCUT2D eigenvalue weighted by Gasteiger charge is -2.31. The molecule has 7 heteroatoms. The molecule has 0 atom stereocenters. The zero-order chi connectivity index (χ0) is 15.5. The number of hydrogen-bond donors (Lipinski definition) is 0. The first-order chi connectivity index (χ1) is 10.7. The number of rotatable bonds is 3. The summed E-state index contributed by atoms with van der Waals surface area (Å²) < 4.78 is 0.723. The Morgan fingerprint density at radius 2 is 1.27 bits per heavy atom. The molecule has 1 aromatic heterocycles. The quantitative estimate of drug-likeness (QED) is 0.370. The van der Waals surface area contributed by atoms with Crippen LogP contribution in [0.5, 0.6) is 0 Å². The third kappa shape index (κ3) is 2.93. The standard InChI is InChI=1S/C15H22N4O3/c20-18-11-13(16-7-3-1-4-8-16)15(19(21)22)14(12-18)17-9-5-2-6-10-17/h11-12H,1-10H2. The number of anilines is 2. The molecule has 22 heavy (non-hydrogen) atoms. The zero-order valence-corrected chi connectivity index (χ0v) is 12.7. The van der Waals surface area contributed by atoms with Crippen molar-refractivity contribution in [2.45, 2.75) is 38.5 Å². The Labute approximate surface area is 129 Å². The lowest BCUT2D eigenvalue weighted by molar-refractivity contribution is -0.604. The van der Waals surface area contributed by atoms with E-state index in [1.54, 1.807) is 0 Å². The van der Waals surface area contributed by atoms with E-state index < -0.39 is 0 Å². The second-order valence-electron chi connectivity index (χ2n) is 6.09. The van der Waals surface area contributed by atoms with Crippen LogP contribution >= 0.6 is 0 Å². The Hall–Kier alpha value is -2.05. The van der Waals surface area contributed by atoms with Crippen LogP contribution in [0.4, 0.5) is 17.1 Å². The lowest BCUT2D eigenvalue weighted by Crippen LogP contribution is -2.37. The molecule has 0 N–H and O–H groups in total. The smallest absolute Gasteiger partial charge is 0.328 e. The summed E-state index contributed by atoms with van der Waals surface area (Å²) in [5.41, 5.74) is 1.04. The number of pyridine rings is 1. The first kappa shape index (κ1) is 14.9. The third-order valence-corrected chi connectivity index (χ3v) is 4.56. The zero-order valence-electron chi connectivity index (χ0n) is 12.7. The average Bonchev–Trinajstić information content (AvgIpc) is 2.55. The summed E-state index contributed by atoms with van der Waals surface area (Å²) in [6.45, 7) is 3.13. The first-order valence-corrected chi connectivity index (χ1v) is 8.08. The fourth-order valence-electron chi connectivity index (χ4n) is 3.45. The fraction of sp³-hybridized carbons (Fsp3) is 0.667. The highest BCUT2D eigenvalue weighted by Gasteiger charge is 2.32. The van der Waals surface area contributed by atoms with Crippen molar-refractivity contribution in [3.63, 3.8) is 0 Å². The van der Waals surface area contributed by atoms with Crippen molar-refractivity contribution < 1.29 is 9.65 Å². The minimum atomic E-state index is -0.326. The summed E-state index contributed by atoms with van der Waals surface area (Å²) in [6, 6.07) is 0. The van der Waals surface area contributed by atoms with Gasteiger partial charge < -0.3 is 15.0 Å². The number of piperidine rings is 2. The van der Waals surface area contributed by atoms with E-state index >= 15 is 0 Å². The Balaban J connectivity index is 2.04. The van der Waals surface area contributed by atoms with Crippen LogP contribution in [0.15, 0.2) is 12.4 Å². The van der Waals surface area contributed by atoms with Crippen LogP contribution in [0.1, 0.15) is 38.5 Å². The summed E-state index contributed by atoms with van der Waals surface area (Å²) in [6.07, 6.45) is 9.08. The molecule has 0 amide bonds. The molecule has 3 rings (SSSR count). The van der Waals surface area contributed by atoms with Gasteiger partial charge in [0.1, 0.15) is 0 Å². The van der Waals surface area contributed by atoms with Crippen molar-refractivity contribution in [2.75, 3.05) is 36.0 Å². The van der Waals surface area contributed by atoms with Gasteiger partial charge in [-0.1, -0.05) is 0 Å². The Morgan fingerprint density at radius 1 is 0.864 bits per heavy atom. The van der Waals surface area contributed by atoms with Gasteiger partial charge in [0.05, 0.1) is 4.92 Å². The molecule has 0 spiro atoms. The number of nitro groups is 1. The van der Waals surface area contributed by atoms with Crippen LogP contribution in [0.25, 0.3) is 0 Å². The van der Waals surface area contributed by atoms with Gasteiger partial charge in [-0.2, -0.15) is 4.73 Å². The second kappa shape index (κ2) is 6.37. The maximum atomic E-state index is 12.0. The number of aromatic nitrogens is 1. The van der Waals surface area contributed by atoms with E-state index in [2.05, 4.69) is 0 Å². The van der Waals surface area contributed by atoms with Gasteiger partial charge in [-0.25, -0.2) is 0 Å². The molecule has 0 unspecified atom stereocenters. The molecule has 0 aliphatic carbocycles. The van der Waals surface area contributed by atoms with E-state index in [0.29, 0.717) is 11.4 Å². The van der Waals surface area contributed by atoms with Crippen molar-refractivity contribution >= 4 is 17.1 Å². The molecular weight excluding hydrogens is 284 g/mol. The first-order valence-electron chi connectivity index (χ1n) is 8.08. The van der Waals surface area contributed by atoms with Crippen LogP contribution in [-0.4, -0.2) is 31.1 Å². The fourth-order valence-corrected chi connectivity index (χ4v) is 3.45. The van der Waals surface area contributed by atoms with Crippen LogP contribution in [0.3, 0.4) is 0 Å². The summed E-state index contributed by atoms with van der Waals surface area (Å²) in [4.78, 5) is 15.3. The van der Waals surface area contributed by atoms with Crippen LogP contribution < -0.4 is 14.5 Å². The van der Waals surface area contributed by atoms with Gasteiger partial charge in [-0.05, 0) is 38.5 Å². The molecule has 0 aromatic carbocycles. The Kier molecular flexibility index (Phi) is 4.31. The van der Waals surface area contributed by atoms with Crippen LogP contribution in [0, 0.1) is 15.3 Å². The second-order valence-corrected chi connectivity index (χ2v) is 6.09. The molecule has 7 nitrogen and oxygen atoms in total. The van der Waals surface area contributed by atoms with E-state index in [-0.39, 0.29) is 10.6 Å². The van der Waals surface area contributed by atoms with Gasteiger partial charge in [0.15, 0.2) is 11.4 Å². The molecule has 0 bridgehead atoms. The Morgan fingerprint density at radius 3 is 1.64 bits per heavy atom. The van der Waals surface area contributed by atoms with Crippen molar-refractivity contribution in [1.82, 2.24) is 0 Å². The third-order valence-electron chi connectivity index (χ3n) is 4.56. The van der Waals surface area contributed by atoms with Gasteiger partial charge in [-0.15, -0.1) is 0 Å². The molecule has 1 aromatic rings. The minimum absolute atomic E-state index is 0.0934. The van der Waals surface area contributed by atoms with Crippen LogP contribution in [-0.2, 0) is 0 Å². The minimum Gasteiger partial charge on any atom is -0.619 e. The van der Waals surface area contributed by atoms with Crippen molar-refractivity contribution in [3.8, 4) is 0 Å². The van der Waals surface area contributed by atoms with E-state index in [1.807, 2.05) is 9.80 Å². The molecule has 2 saturated heterocycles. The highest BCUT2D eigenvalue weighted by Crippen LogP contribution is 2.38. The summed E-state index contributed by atoms with van der Waals surface area (Å²) in [7, 11) is 0. The van der Waals surface area contributed by atoms with Gasteiger partial charge >= 0.3 is 5.69 Å². The molecule has 2 fully saturated rings. The monoisotopic (exact) mass is 306 g/mol. The van der Waals surface area contributed by atoms with Crippen molar-refractivity contribution in [1.29, 1.82) is 0 Å². The largest absolute Gasteiger partial charge is 0.619 e.